The predicted molar refractivity (Wildman–Crippen MR) is 59.3 cm³/mol. The summed E-state index contributed by atoms with van der Waals surface area (Å²) in [6, 6.07) is 0. The highest BCUT2D eigenvalue weighted by molar-refractivity contribution is 7.98. The molecule has 0 aliphatic carbocycles. The van der Waals surface area contributed by atoms with Crippen LogP contribution in [0.4, 0.5) is 0 Å². The molecule has 0 amide bonds. The van der Waals surface area contributed by atoms with Gasteiger partial charge in [0.15, 0.2) is 0 Å². The van der Waals surface area contributed by atoms with Crippen molar-refractivity contribution in [3.63, 3.8) is 0 Å². The van der Waals surface area contributed by atoms with Crippen molar-refractivity contribution in [3.05, 3.63) is 17.6 Å². The molecule has 1 aromatic heterocycles. The third-order valence-corrected chi connectivity index (χ3v) is 2.52. The molecule has 0 spiro atoms. The van der Waals surface area contributed by atoms with Crippen LogP contribution in [-0.4, -0.2) is 27.3 Å². The van der Waals surface area contributed by atoms with Crippen LogP contribution in [0.3, 0.4) is 0 Å². The lowest BCUT2D eigenvalue weighted by Gasteiger charge is -2.06. The highest BCUT2D eigenvalue weighted by atomic mass is 32.2. The average molecular weight is 226 g/mol. The van der Waals surface area contributed by atoms with Crippen LogP contribution >= 0.6 is 11.8 Å². The van der Waals surface area contributed by atoms with E-state index in [-0.39, 0.29) is 5.56 Å². The van der Waals surface area contributed by atoms with Gasteiger partial charge in [-0.05, 0) is 12.2 Å². The van der Waals surface area contributed by atoms with Gasteiger partial charge in [-0.25, -0.2) is 14.8 Å². The molecule has 15 heavy (non-hydrogen) atoms. The van der Waals surface area contributed by atoms with Crippen LogP contribution in [-0.2, 0) is 6.42 Å². The van der Waals surface area contributed by atoms with Gasteiger partial charge in [0, 0.05) is 12.6 Å². The summed E-state index contributed by atoms with van der Waals surface area (Å²) < 4.78 is 0. The number of thioether (sulfide) groups is 1. The molecule has 0 radical (unpaired) electrons. The fourth-order valence-electron chi connectivity index (χ4n) is 1.17. The molecule has 0 fully saturated rings. The number of carbonyl (C=O) groups is 1. The first kappa shape index (κ1) is 12.0. The molecular formula is C10H14N2O2S. The van der Waals surface area contributed by atoms with E-state index in [1.165, 1.54) is 18.0 Å². The van der Waals surface area contributed by atoms with Gasteiger partial charge in [-0.15, -0.1) is 11.8 Å². The van der Waals surface area contributed by atoms with E-state index in [1.54, 1.807) is 0 Å². The van der Waals surface area contributed by atoms with Crippen LogP contribution in [0.1, 0.15) is 30.0 Å². The molecule has 1 aromatic rings. The number of carboxylic acids is 1. The minimum absolute atomic E-state index is 0.176. The number of aromatic nitrogens is 2. The fourth-order valence-corrected chi connectivity index (χ4v) is 1.72. The molecule has 0 aliphatic rings. The van der Waals surface area contributed by atoms with Crippen molar-refractivity contribution < 1.29 is 9.90 Å². The second-order valence-electron chi connectivity index (χ2n) is 3.61. The van der Waals surface area contributed by atoms with Gasteiger partial charge in [0.1, 0.15) is 16.4 Å². The molecule has 0 aromatic carbocycles. The molecule has 4 nitrogen and oxygen atoms in total. The van der Waals surface area contributed by atoms with Gasteiger partial charge < -0.3 is 5.11 Å². The lowest BCUT2D eigenvalue weighted by molar-refractivity contribution is 0.0691. The molecular weight excluding hydrogens is 212 g/mol. The van der Waals surface area contributed by atoms with Crippen LogP contribution in [0.15, 0.2) is 11.2 Å². The SMILES string of the molecule is CSc1nc(CC(C)C)ncc1C(=O)O. The Kier molecular flexibility index (Phi) is 4.08. The van der Waals surface area contributed by atoms with E-state index < -0.39 is 5.97 Å². The smallest absolute Gasteiger partial charge is 0.340 e. The largest absolute Gasteiger partial charge is 0.478 e. The number of aromatic carboxylic acids is 1. The van der Waals surface area contributed by atoms with E-state index in [0.717, 1.165) is 6.42 Å². The van der Waals surface area contributed by atoms with Crippen LogP contribution in [0.25, 0.3) is 0 Å². The third kappa shape index (κ3) is 3.20. The van der Waals surface area contributed by atoms with Gasteiger partial charge in [-0.1, -0.05) is 13.8 Å². The maximum absolute atomic E-state index is 10.8. The predicted octanol–water partition coefficient (Wildman–Crippen LogP) is 2.10. The topological polar surface area (TPSA) is 63.1 Å². The summed E-state index contributed by atoms with van der Waals surface area (Å²) in [5.74, 6) is 0.199. The van der Waals surface area contributed by atoms with Gasteiger partial charge in [0.05, 0.1) is 0 Å². The Hall–Kier alpha value is -1.10. The molecule has 0 saturated heterocycles. The first-order chi connectivity index (χ1) is 7.04. The van der Waals surface area contributed by atoms with Crippen molar-refractivity contribution in [2.24, 2.45) is 5.92 Å². The van der Waals surface area contributed by atoms with Crippen molar-refractivity contribution >= 4 is 17.7 Å². The van der Waals surface area contributed by atoms with Crippen molar-refractivity contribution in [1.82, 2.24) is 9.97 Å². The van der Waals surface area contributed by atoms with E-state index in [4.69, 9.17) is 5.11 Å². The molecule has 0 bridgehead atoms. The molecule has 1 N–H and O–H groups in total. The summed E-state index contributed by atoms with van der Waals surface area (Å²) >= 11 is 1.33. The Labute approximate surface area is 93.1 Å². The molecule has 1 rings (SSSR count). The Balaban J connectivity index is 3.02. The molecule has 0 saturated carbocycles. The van der Waals surface area contributed by atoms with Crippen LogP contribution in [0.5, 0.6) is 0 Å². The number of hydrogen-bond donors (Lipinski definition) is 1. The summed E-state index contributed by atoms with van der Waals surface area (Å²) in [6.07, 6.45) is 3.97. The van der Waals surface area contributed by atoms with Crippen LogP contribution in [0.2, 0.25) is 0 Å². The Morgan fingerprint density at radius 3 is 2.73 bits per heavy atom. The van der Waals surface area contributed by atoms with Gasteiger partial charge in [-0.3, -0.25) is 0 Å². The second kappa shape index (κ2) is 5.11. The van der Waals surface area contributed by atoms with E-state index in [1.807, 2.05) is 6.26 Å². The molecule has 0 unspecified atom stereocenters. The fraction of sp³-hybridized carbons (Fsp3) is 0.500. The summed E-state index contributed by atoms with van der Waals surface area (Å²) in [5.41, 5.74) is 0.176. The number of rotatable bonds is 4. The van der Waals surface area contributed by atoms with Crippen LogP contribution < -0.4 is 0 Å². The van der Waals surface area contributed by atoms with Gasteiger partial charge >= 0.3 is 5.97 Å². The van der Waals surface area contributed by atoms with Crippen molar-refractivity contribution in [2.75, 3.05) is 6.26 Å². The summed E-state index contributed by atoms with van der Waals surface area (Å²) in [6.45, 7) is 4.15. The summed E-state index contributed by atoms with van der Waals surface area (Å²) in [7, 11) is 0. The first-order valence-electron chi connectivity index (χ1n) is 4.67. The molecule has 0 atom stereocenters. The average Bonchev–Trinajstić information content (AvgIpc) is 2.16. The highest BCUT2D eigenvalue weighted by Gasteiger charge is 2.13. The lowest BCUT2D eigenvalue weighted by atomic mass is 10.1. The highest BCUT2D eigenvalue weighted by Crippen LogP contribution is 2.17. The van der Waals surface area contributed by atoms with Gasteiger partial charge in [-0.2, -0.15) is 0 Å². The second-order valence-corrected chi connectivity index (χ2v) is 4.41. The third-order valence-electron chi connectivity index (χ3n) is 1.82. The maximum Gasteiger partial charge on any atom is 0.340 e. The van der Waals surface area contributed by atoms with Gasteiger partial charge in [0.25, 0.3) is 0 Å². The van der Waals surface area contributed by atoms with Crippen molar-refractivity contribution in [1.29, 1.82) is 0 Å². The zero-order chi connectivity index (χ0) is 11.4. The normalized spacial score (nSPS) is 10.7. The monoisotopic (exact) mass is 226 g/mol. The Bertz CT molecular complexity index is 366. The molecule has 1 heterocycles. The van der Waals surface area contributed by atoms with E-state index in [9.17, 15) is 4.79 Å². The molecule has 5 heteroatoms. The standard InChI is InChI=1S/C10H14N2O2S/c1-6(2)4-8-11-5-7(10(13)14)9(12-8)15-3/h5-6H,4H2,1-3H3,(H,13,14). The number of carboxylic acid groups (broad SMARTS) is 1. The summed E-state index contributed by atoms with van der Waals surface area (Å²) in [4.78, 5) is 19.1. The quantitative estimate of drug-likeness (QED) is 0.629. The lowest BCUT2D eigenvalue weighted by Crippen LogP contribution is -2.07. The molecule has 82 valence electrons. The zero-order valence-electron chi connectivity index (χ0n) is 9.02. The number of hydrogen-bond acceptors (Lipinski definition) is 4. The van der Waals surface area contributed by atoms with Crippen molar-refractivity contribution in [2.45, 2.75) is 25.3 Å². The minimum atomic E-state index is -0.976. The first-order valence-corrected chi connectivity index (χ1v) is 5.90. The Morgan fingerprint density at radius 1 is 1.60 bits per heavy atom. The van der Waals surface area contributed by atoms with E-state index in [2.05, 4.69) is 23.8 Å². The van der Waals surface area contributed by atoms with Gasteiger partial charge in [0.2, 0.25) is 0 Å². The summed E-state index contributed by atoms with van der Waals surface area (Å²) in [5, 5.41) is 9.41. The molecule has 0 aliphatic heterocycles. The van der Waals surface area contributed by atoms with Crippen molar-refractivity contribution in [3.8, 4) is 0 Å². The zero-order valence-corrected chi connectivity index (χ0v) is 9.84. The van der Waals surface area contributed by atoms with E-state index >= 15 is 0 Å². The Morgan fingerprint density at radius 2 is 2.27 bits per heavy atom. The van der Waals surface area contributed by atoms with E-state index in [0.29, 0.717) is 16.8 Å². The maximum atomic E-state index is 10.8. The number of nitrogens with zero attached hydrogens (tertiary/aromatic N) is 2. The van der Waals surface area contributed by atoms with Crippen LogP contribution in [0, 0.1) is 5.92 Å². The minimum Gasteiger partial charge on any atom is -0.478 e.